The fraction of sp³-hybridized carbons (Fsp3) is 0.185. The lowest BCUT2D eigenvalue weighted by atomic mass is 9.96. The van der Waals surface area contributed by atoms with E-state index in [1.54, 1.807) is 13.2 Å². The number of aromatic nitrogens is 1. The van der Waals surface area contributed by atoms with Crippen molar-refractivity contribution in [2.24, 2.45) is 0 Å². The van der Waals surface area contributed by atoms with E-state index in [4.69, 9.17) is 9.72 Å². The number of hydrogen-bond acceptors (Lipinski definition) is 4. The summed E-state index contributed by atoms with van der Waals surface area (Å²) < 4.78 is 5.33. The van der Waals surface area contributed by atoms with Gasteiger partial charge in [-0.05, 0) is 66.4 Å². The molecule has 1 atom stereocenters. The zero-order valence-electron chi connectivity index (χ0n) is 18.4. The molecule has 0 aliphatic heterocycles. The summed E-state index contributed by atoms with van der Waals surface area (Å²) in [4.78, 5) is 16.5. The average molecular weight is 427 g/mol. The molecule has 0 saturated heterocycles. The van der Waals surface area contributed by atoms with E-state index in [1.165, 1.54) is 0 Å². The Morgan fingerprint density at radius 3 is 2.66 bits per heavy atom. The summed E-state index contributed by atoms with van der Waals surface area (Å²) in [6, 6.07) is 23.7. The number of rotatable bonds is 7. The van der Waals surface area contributed by atoms with Gasteiger partial charge in [0.15, 0.2) is 0 Å². The van der Waals surface area contributed by atoms with Gasteiger partial charge in [0.1, 0.15) is 5.75 Å². The van der Waals surface area contributed by atoms with E-state index in [0.29, 0.717) is 12.1 Å². The van der Waals surface area contributed by atoms with Crippen LogP contribution in [0.5, 0.6) is 5.75 Å². The predicted molar refractivity (Wildman–Crippen MR) is 127 cm³/mol. The maximum atomic E-state index is 11.7. The van der Waals surface area contributed by atoms with Gasteiger partial charge in [-0.2, -0.15) is 0 Å². The van der Waals surface area contributed by atoms with E-state index in [-0.39, 0.29) is 6.04 Å². The van der Waals surface area contributed by atoms with Crippen LogP contribution in [-0.2, 0) is 6.54 Å². The molecule has 0 bridgehead atoms. The maximum Gasteiger partial charge on any atom is 0.335 e. The van der Waals surface area contributed by atoms with Crippen molar-refractivity contribution in [1.29, 1.82) is 0 Å². The molecule has 0 aliphatic carbocycles. The molecular weight excluding hydrogens is 400 g/mol. The molecule has 4 rings (SSSR count). The number of aryl methyl sites for hydroxylation is 1. The molecule has 0 aliphatic rings. The quantitative estimate of drug-likeness (QED) is 0.393. The van der Waals surface area contributed by atoms with Crippen molar-refractivity contribution < 1.29 is 14.6 Å². The highest BCUT2D eigenvalue weighted by Gasteiger charge is 2.13. The van der Waals surface area contributed by atoms with E-state index in [9.17, 15) is 9.90 Å². The van der Waals surface area contributed by atoms with Gasteiger partial charge < -0.3 is 15.2 Å². The van der Waals surface area contributed by atoms with Crippen LogP contribution in [-0.4, -0.2) is 23.2 Å². The molecule has 1 aromatic heterocycles. The Morgan fingerprint density at radius 2 is 1.88 bits per heavy atom. The second-order valence-electron chi connectivity index (χ2n) is 7.89. The number of hydrogen-bond donors (Lipinski definition) is 2. The lowest BCUT2D eigenvalue weighted by molar-refractivity contribution is 0.0696. The van der Waals surface area contributed by atoms with Gasteiger partial charge in [-0.1, -0.05) is 42.5 Å². The Bertz CT molecular complexity index is 1280. The first-order chi connectivity index (χ1) is 15.5. The first-order valence-electron chi connectivity index (χ1n) is 10.6. The highest BCUT2D eigenvalue weighted by molar-refractivity contribution is 5.97. The monoisotopic (exact) mass is 426 g/mol. The molecule has 32 heavy (non-hydrogen) atoms. The van der Waals surface area contributed by atoms with Gasteiger partial charge in [0.2, 0.25) is 0 Å². The van der Waals surface area contributed by atoms with Crippen LogP contribution in [0.1, 0.15) is 40.1 Å². The van der Waals surface area contributed by atoms with Gasteiger partial charge >= 0.3 is 5.97 Å². The summed E-state index contributed by atoms with van der Waals surface area (Å²) >= 11 is 0. The van der Waals surface area contributed by atoms with Crippen LogP contribution in [0.2, 0.25) is 0 Å². The van der Waals surface area contributed by atoms with E-state index in [2.05, 4.69) is 18.3 Å². The second kappa shape index (κ2) is 9.20. The van der Waals surface area contributed by atoms with Gasteiger partial charge in [-0.15, -0.1) is 0 Å². The average Bonchev–Trinajstić information content (AvgIpc) is 2.82. The van der Waals surface area contributed by atoms with Gasteiger partial charge in [0.25, 0.3) is 0 Å². The largest absolute Gasteiger partial charge is 0.497 e. The fourth-order valence-electron chi connectivity index (χ4n) is 3.87. The van der Waals surface area contributed by atoms with Crippen molar-refractivity contribution in [3.8, 4) is 16.9 Å². The molecule has 0 saturated carbocycles. The minimum absolute atomic E-state index is 0.111. The standard InChI is InChI=1S/C27H26N2O3/c1-17-11-12-20(14-24(17)27(30)31)25-15-21(29-26-10-5-4-9-23(25)26)16-28-18(2)19-7-6-8-22(13-19)32-3/h4-15,18,28H,16H2,1-3H3,(H,30,31)/t18-/m1/s1. The summed E-state index contributed by atoms with van der Waals surface area (Å²) in [5.74, 6) is -0.0902. The lowest BCUT2D eigenvalue weighted by Gasteiger charge is -2.16. The van der Waals surface area contributed by atoms with Crippen LogP contribution in [0.3, 0.4) is 0 Å². The number of pyridine rings is 1. The minimum Gasteiger partial charge on any atom is -0.497 e. The van der Waals surface area contributed by atoms with Gasteiger partial charge in [0, 0.05) is 18.0 Å². The predicted octanol–water partition coefficient (Wildman–Crippen LogP) is 5.77. The summed E-state index contributed by atoms with van der Waals surface area (Å²) in [6.45, 7) is 4.50. The number of nitrogens with zero attached hydrogens (tertiary/aromatic N) is 1. The summed E-state index contributed by atoms with van der Waals surface area (Å²) in [5, 5.41) is 14.1. The van der Waals surface area contributed by atoms with Gasteiger partial charge in [0.05, 0.1) is 23.9 Å². The first kappa shape index (κ1) is 21.5. The Hall–Kier alpha value is -3.70. The molecule has 5 heteroatoms. The number of nitrogens with one attached hydrogen (secondary N) is 1. The molecular formula is C27H26N2O3. The molecule has 4 aromatic rings. The van der Waals surface area contributed by atoms with Crippen molar-refractivity contribution in [3.63, 3.8) is 0 Å². The number of carboxylic acids is 1. The Kier molecular flexibility index (Phi) is 6.19. The fourth-order valence-corrected chi connectivity index (χ4v) is 3.87. The molecule has 5 nitrogen and oxygen atoms in total. The first-order valence-corrected chi connectivity index (χ1v) is 10.6. The van der Waals surface area contributed by atoms with Crippen LogP contribution in [0.4, 0.5) is 0 Å². The molecule has 0 fully saturated rings. The Morgan fingerprint density at radius 1 is 1.06 bits per heavy atom. The number of carboxylic acid groups (broad SMARTS) is 1. The van der Waals surface area contributed by atoms with E-state index < -0.39 is 5.97 Å². The lowest BCUT2D eigenvalue weighted by Crippen LogP contribution is -2.19. The van der Waals surface area contributed by atoms with Crippen LogP contribution >= 0.6 is 0 Å². The summed E-state index contributed by atoms with van der Waals surface area (Å²) in [7, 11) is 1.67. The summed E-state index contributed by atoms with van der Waals surface area (Å²) in [5.41, 5.74) is 5.81. The minimum atomic E-state index is -0.920. The van der Waals surface area contributed by atoms with Crippen molar-refractivity contribution in [3.05, 3.63) is 95.2 Å². The van der Waals surface area contributed by atoms with E-state index in [0.717, 1.165) is 44.6 Å². The highest BCUT2D eigenvalue weighted by atomic mass is 16.5. The molecule has 0 radical (unpaired) electrons. The molecule has 162 valence electrons. The van der Waals surface area contributed by atoms with Gasteiger partial charge in [-0.3, -0.25) is 4.98 Å². The smallest absolute Gasteiger partial charge is 0.335 e. The summed E-state index contributed by atoms with van der Waals surface area (Å²) in [6.07, 6.45) is 0. The maximum absolute atomic E-state index is 11.7. The number of methoxy groups -OCH3 is 1. The molecule has 1 heterocycles. The number of aromatic carboxylic acids is 1. The number of carbonyl (C=O) groups is 1. The zero-order chi connectivity index (χ0) is 22.7. The Balaban J connectivity index is 1.68. The van der Waals surface area contributed by atoms with Gasteiger partial charge in [-0.25, -0.2) is 4.79 Å². The topological polar surface area (TPSA) is 71.5 Å². The third kappa shape index (κ3) is 4.48. The Labute approximate surface area is 187 Å². The molecule has 3 aromatic carbocycles. The third-order valence-electron chi connectivity index (χ3n) is 5.73. The molecule has 2 N–H and O–H groups in total. The number of para-hydroxylation sites is 1. The van der Waals surface area contributed by atoms with Crippen molar-refractivity contribution in [2.75, 3.05) is 7.11 Å². The SMILES string of the molecule is COc1cccc([C@@H](C)NCc2cc(-c3ccc(C)c(C(=O)O)c3)c3ccccc3n2)c1. The number of ether oxygens (including phenoxy) is 1. The van der Waals surface area contributed by atoms with Crippen LogP contribution in [0.15, 0.2) is 72.8 Å². The van der Waals surface area contributed by atoms with Crippen molar-refractivity contribution in [2.45, 2.75) is 26.4 Å². The molecule has 0 amide bonds. The van der Waals surface area contributed by atoms with Crippen LogP contribution < -0.4 is 10.1 Å². The van der Waals surface area contributed by atoms with E-state index in [1.807, 2.05) is 67.6 Å². The number of benzene rings is 3. The van der Waals surface area contributed by atoms with Crippen molar-refractivity contribution in [1.82, 2.24) is 10.3 Å². The molecule has 0 unspecified atom stereocenters. The van der Waals surface area contributed by atoms with E-state index >= 15 is 0 Å². The third-order valence-corrected chi connectivity index (χ3v) is 5.73. The zero-order valence-corrected chi connectivity index (χ0v) is 18.4. The van der Waals surface area contributed by atoms with Crippen LogP contribution in [0.25, 0.3) is 22.0 Å². The number of fused-ring (bicyclic) bond motifs is 1. The second-order valence-corrected chi connectivity index (χ2v) is 7.89. The van der Waals surface area contributed by atoms with Crippen molar-refractivity contribution >= 4 is 16.9 Å². The normalized spacial score (nSPS) is 12.0. The molecule has 0 spiro atoms. The highest BCUT2D eigenvalue weighted by Crippen LogP contribution is 2.30. The van der Waals surface area contributed by atoms with Crippen LogP contribution in [0, 0.1) is 6.92 Å².